The lowest BCUT2D eigenvalue weighted by atomic mass is 10.1. The Bertz CT molecular complexity index is 922. The summed E-state index contributed by atoms with van der Waals surface area (Å²) in [6, 6.07) is 11.1. The number of hydrogen-bond donors (Lipinski definition) is 1. The SMILES string of the molecule is Cc1cccc(OCC(=O)NC2CCCN(c3ccc(=O)n(CC4CC4)n3)C2)c1. The maximum atomic E-state index is 12.3. The Balaban J connectivity index is 1.32. The zero-order valence-electron chi connectivity index (χ0n) is 16.8. The first-order valence-corrected chi connectivity index (χ1v) is 10.4. The number of hydrogen-bond acceptors (Lipinski definition) is 5. The van der Waals surface area contributed by atoms with Crippen molar-refractivity contribution in [1.82, 2.24) is 15.1 Å². The minimum absolute atomic E-state index is 0.00444. The Morgan fingerprint density at radius 3 is 2.90 bits per heavy atom. The van der Waals surface area contributed by atoms with Crippen LogP contribution in [0.2, 0.25) is 0 Å². The van der Waals surface area contributed by atoms with E-state index in [1.807, 2.05) is 31.2 Å². The van der Waals surface area contributed by atoms with Gasteiger partial charge in [-0.1, -0.05) is 12.1 Å². The van der Waals surface area contributed by atoms with E-state index < -0.39 is 0 Å². The molecule has 2 fully saturated rings. The standard InChI is InChI=1S/C22H28N4O3/c1-16-4-2-6-19(12-16)29-15-21(27)23-18-5-3-11-25(14-18)20-9-10-22(28)26(24-20)13-17-7-8-17/h2,4,6,9-10,12,17-18H,3,5,7-8,11,13-15H2,1H3,(H,23,27). The van der Waals surface area contributed by atoms with Gasteiger partial charge in [0.25, 0.3) is 11.5 Å². The number of nitrogens with one attached hydrogen (secondary N) is 1. The molecule has 2 heterocycles. The molecule has 1 saturated carbocycles. The molecule has 2 aromatic rings. The van der Waals surface area contributed by atoms with Crippen LogP contribution >= 0.6 is 0 Å². The van der Waals surface area contributed by atoms with Crippen LogP contribution in [-0.2, 0) is 11.3 Å². The molecule has 0 spiro atoms. The fraction of sp³-hybridized carbons (Fsp3) is 0.500. The Morgan fingerprint density at radius 2 is 2.10 bits per heavy atom. The predicted molar refractivity (Wildman–Crippen MR) is 111 cm³/mol. The lowest BCUT2D eigenvalue weighted by Gasteiger charge is -2.34. The van der Waals surface area contributed by atoms with Gasteiger partial charge in [-0.2, -0.15) is 5.10 Å². The summed E-state index contributed by atoms with van der Waals surface area (Å²) in [7, 11) is 0. The summed E-state index contributed by atoms with van der Waals surface area (Å²) in [5, 5.41) is 7.64. The topological polar surface area (TPSA) is 76.5 Å². The molecule has 1 unspecified atom stereocenters. The van der Waals surface area contributed by atoms with Crippen LogP contribution in [0.1, 0.15) is 31.2 Å². The second kappa shape index (κ2) is 8.68. The summed E-state index contributed by atoms with van der Waals surface area (Å²) in [4.78, 5) is 26.5. The molecule has 1 aromatic carbocycles. The van der Waals surface area contributed by atoms with Crippen LogP contribution in [0.25, 0.3) is 0 Å². The highest BCUT2D eigenvalue weighted by Gasteiger charge is 2.25. The molecule has 0 radical (unpaired) electrons. The number of piperidine rings is 1. The van der Waals surface area contributed by atoms with Crippen molar-refractivity contribution in [1.29, 1.82) is 0 Å². The number of carbonyl (C=O) groups excluding carboxylic acids is 1. The van der Waals surface area contributed by atoms with E-state index in [4.69, 9.17) is 4.74 Å². The van der Waals surface area contributed by atoms with Crippen molar-refractivity contribution < 1.29 is 9.53 Å². The quantitative estimate of drug-likeness (QED) is 0.776. The maximum Gasteiger partial charge on any atom is 0.266 e. The Hall–Kier alpha value is -2.83. The minimum Gasteiger partial charge on any atom is -0.484 e. The third-order valence-electron chi connectivity index (χ3n) is 5.45. The van der Waals surface area contributed by atoms with E-state index in [2.05, 4.69) is 15.3 Å². The molecule has 29 heavy (non-hydrogen) atoms. The summed E-state index contributed by atoms with van der Waals surface area (Å²) in [6.07, 6.45) is 4.25. The smallest absolute Gasteiger partial charge is 0.266 e. The number of amides is 1. The van der Waals surface area contributed by atoms with Crippen LogP contribution in [0.4, 0.5) is 5.82 Å². The molecule has 4 rings (SSSR count). The second-order valence-corrected chi connectivity index (χ2v) is 8.11. The van der Waals surface area contributed by atoms with Gasteiger partial charge in [0.05, 0.1) is 0 Å². The number of rotatable bonds is 7. The largest absolute Gasteiger partial charge is 0.484 e. The molecule has 1 N–H and O–H groups in total. The first-order valence-electron chi connectivity index (χ1n) is 10.4. The van der Waals surface area contributed by atoms with Gasteiger partial charge >= 0.3 is 0 Å². The van der Waals surface area contributed by atoms with E-state index in [-0.39, 0.29) is 24.1 Å². The van der Waals surface area contributed by atoms with Gasteiger partial charge in [-0.3, -0.25) is 9.59 Å². The van der Waals surface area contributed by atoms with Crippen molar-refractivity contribution >= 4 is 11.7 Å². The summed E-state index contributed by atoms with van der Waals surface area (Å²) >= 11 is 0. The highest BCUT2D eigenvalue weighted by atomic mass is 16.5. The number of carbonyl (C=O) groups is 1. The van der Waals surface area contributed by atoms with Crippen LogP contribution in [0.15, 0.2) is 41.2 Å². The molecular weight excluding hydrogens is 368 g/mol. The average Bonchev–Trinajstić information content (AvgIpc) is 3.52. The van der Waals surface area contributed by atoms with Gasteiger partial charge in [-0.25, -0.2) is 4.68 Å². The Labute approximate surface area is 170 Å². The Morgan fingerprint density at radius 1 is 1.24 bits per heavy atom. The monoisotopic (exact) mass is 396 g/mol. The summed E-state index contributed by atoms with van der Waals surface area (Å²) < 4.78 is 7.19. The number of anilines is 1. The normalized spacial score (nSPS) is 19.1. The molecule has 1 amide bonds. The number of aromatic nitrogens is 2. The minimum atomic E-state index is -0.120. The molecule has 1 aromatic heterocycles. The van der Waals surface area contributed by atoms with Gasteiger partial charge in [0.1, 0.15) is 11.6 Å². The molecule has 2 aliphatic rings. The molecule has 7 nitrogen and oxygen atoms in total. The summed E-state index contributed by atoms with van der Waals surface area (Å²) in [5.41, 5.74) is 1.05. The van der Waals surface area contributed by atoms with E-state index >= 15 is 0 Å². The van der Waals surface area contributed by atoms with E-state index in [0.717, 1.165) is 30.8 Å². The Kier molecular flexibility index (Phi) is 5.83. The van der Waals surface area contributed by atoms with Crippen molar-refractivity contribution in [3.05, 3.63) is 52.3 Å². The fourth-order valence-electron chi connectivity index (χ4n) is 3.71. The van der Waals surface area contributed by atoms with Gasteiger partial charge in [0.15, 0.2) is 6.61 Å². The van der Waals surface area contributed by atoms with Gasteiger partial charge in [0.2, 0.25) is 0 Å². The van der Waals surface area contributed by atoms with Gasteiger partial charge in [-0.05, 0) is 62.3 Å². The van der Waals surface area contributed by atoms with Crippen LogP contribution in [0, 0.1) is 12.8 Å². The molecule has 7 heteroatoms. The zero-order valence-corrected chi connectivity index (χ0v) is 16.8. The van der Waals surface area contributed by atoms with Gasteiger partial charge in [0, 0.05) is 31.7 Å². The third-order valence-corrected chi connectivity index (χ3v) is 5.45. The predicted octanol–water partition coefficient (Wildman–Crippen LogP) is 2.13. The van der Waals surface area contributed by atoms with Crippen LogP contribution in [0.3, 0.4) is 0 Å². The number of nitrogens with zero attached hydrogens (tertiary/aromatic N) is 3. The summed E-state index contributed by atoms with van der Waals surface area (Å²) in [6.45, 7) is 4.26. The molecule has 0 bridgehead atoms. The fourth-order valence-corrected chi connectivity index (χ4v) is 3.71. The van der Waals surface area contributed by atoms with Crippen molar-refractivity contribution in [2.24, 2.45) is 5.92 Å². The lowest BCUT2D eigenvalue weighted by molar-refractivity contribution is -0.123. The lowest BCUT2D eigenvalue weighted by Crippen LogP contribution is -2.49. The van der Waals surface area contributed by atoms with E-state index in [0.29, 0.717) is 24.8 Å². The van der Waals surface area contributed by atoms with Crippen molar-refractivity contribution in [2.45, 2.75) is 45.2 Å². The van der Waals surface area contributed by atoms with Crippen LogP contribution in [-0.4, -0.2) is 41.4 Å². The van der Waals surface area contributed by atoms with Gasteiger partial charge < -0.3 is 15.0 Å². The van der Waals surface area contributed by atoms with Crippen molar-refractivity contribution in [2.75, 3.05) is 24.6 Å². The van der Waals surface area contributed by atoms with E-state index in [1.54, 1.807) is 16.8 Å². The second-order valence-electron chi connectivity index (χ2n) is 8.11. The molecule has 154 valence electrons. The van der Waals surface area contributed by atoms with Crippen LogP contribution in [0.5, 0.6) is 5.75 Å². The molecule has 1 aliphatic carbocycles. The maximum absolute atomic E-state index is 12.3. The van der Waals surface area contributed by atoms with E-state index in [9.17, 15) is 9.59 Å². The first-order chi connectivity index (χ1) is 14.1. The zero-order chi connectivity index (χ0) is 20.2. The van der Waals surface area contributed by atoms with Crippen molar-refractivity contribution in [3.63, 3.8) is 0 Å². The van der Waals surface area contributed by atoms with Crippen LogP contribution < -0.4 is 20.5 Å². The number of ether oxygens (including phenoxy) is 1. The highest BCUT2D eigenvalue weighted by Crippen LogP contribution is 2.30. The molecule has 1 aliphatic heterocycles. The highest BCUT2D eigenvalue weighted by molar-refractivity contribution is 5.78. The van der Waals surface area contributed by atoms with Gasteiger partial charge in [-0.15, -0.1) is 0 Å². The number of benzene rings is 1. The van der Waals surface area contributed by atoms with E-state index in [1.165, 1.54) is 12.8 Å². The first kappa shape index (κ1) is 19.5. The average molecular weight is 396 g/mol. The molecule has 1 atom stereocenters. The molecule has 1 saturated heterocycles. The summed E-state index contributed by atoms with van der Waals surface area (Å²) in [5.74, 6) is 1.98. The molecular formula is C22H28N4O3. The third kappa shape index (κ3) is 5.37. The van der Waals surface area contributed by atoms with Crippen molar-refractivity contribution in [3.8, 4) is 5.75 Å². The number of aryl methyl sites for hydroxylation is 1.